The lowest BCUT2D eigenvalue weighted by molar-refractivity contribution is 0.475. The molecule has 4 nitrogen and oxygen atoms in total. The third-order valence-corrected chi connectivity index (χ3v) is 7.12. The number of para-hydroxylation sites is 4. The Hall–Kier alpha value is -4.57. The Bertz CT molecular complexity index is 1700. The molecule has 0 amide bonds. The standard InChI is InChI=1S/C31H23N3O/c35-30-14-6-5-13-28(30)33-20-25(23-10-1-3-11-26(23)33)21-16-17-24-22-9-2-4-12-27(22)34(29(24)19-21)31-15-7-8-18-32-31/h1-19,25,35H,20H2. The lowest BCUT2D eigenvalue weighted by atomic mass is 9.92. The van der Waals surface area contributed by atoms with E-state index in [4.69, 9.17) is 0 Å². The van der Waals surface area contributed by atoms with Gasteiger partial charge in [0.2, 0.25) is 0 Å². The van der Waals surface area contributed by atoms with Crippen molar-refractivity contribution < 1.29 is 5.11 Å². The Morgan fingerprint density at radius 3 is 2.29 bits per heavy atom. The molecular weight excluding hydrogens is 430 g/mol. The molecule has 1 N–H and O–H groups in total. The number of nitrogens with zero attached hydrogens (tertiary/aromatic N) is 3. The predicted molar refractivity (Wildman–Crippen MR) is 142 cm³/mol. The first kappa shape index (κ1) is 19.9. The third-order valence-electron chi connectivity index (χ3n) is 7.12. The van der Waals surface area contributed by atoms with E-state index < -0.39 is 0 Å². The SMILES string of the molecule is Oc1ccccc1N1CC(c2ccc3c4ccccc4n(-c4ccccn4)c3c2)c2ccccc21. The minimum absolute atomic E-state index is 0.186. The highest BCUT2D eigenvalue weighted by atomic mass is 16.3. The summed E-state index contributed by atoms with van der Waals surface area (Å²) in [5.41, 5.74) is 6.82. The Morgan fingerprint density at radius 2 is 1.43 bits per heavy atom. The van der Waals surface area contributed by atoms with E-state index in [1.54, 1.807) is 6.07 Å². The van der Waals surface area contributed by atoms with E-state index >= 15 is 0 Å². The fraction of sp³-hybridized carbons (Fsp3) is 0.0645. The van der Waals surface area contributed by atoms with Crippen LogP contribution in [0, 0.1) is 0 Å². The summed E-state index contributed by atoms with van der Waals surface area (Å²) in [7, 11) is 0. The van der Waals surface area contributed by atoms with Crippen LogP contribution >= 0.6 is 0 Å². The lowest BCUT2D eigenvalue weighted by Gasteiger charge is -2.21. The van der Waals surface area contributed by atoms with Crippen LogP contribution in [0.3, 0.4) is 0 Å². The molecule has 1 atom stereocenters. The van der Waals surface area contributed by atoms with Crippen molar-refractivity contribution in [2.24, 2.45) is 0 Å². The molecule has 0 fully saturated rings. The van der Waals surface area contributed by atoms with Gasteiger partial charge in [-0.3, -0.25) is 4.57 Å². The van der Waals surface area contributed by atoms with Gasteiger partial charge in [-0.25, -0.2) is 4.98 Å². The molecule has 6 aromatic rings. The Labute approximate surface area is 203 Å². The fourth-order valence-corrected chi connectivity index (χ4v) is 5.55. The average molecular weight is 454 g/mol. The molecular formula is C31H23N3O. The number of aromatic nitrogens is 2. The maximum absolute atomic E-state index is 10.6. The van der Waals surface area contributed by atoms with Crippen LogP contribution in [0.15, 0.2) is 115 Å². The molecule has 0 spiro atoms. The molecule has 4 aromatic carbocycles. The summed E-state index contributed by atoms with van der Waals surface area (Å²) in [5, 5.41) is 13.0. The van der Waals surface area contributed by atoms with E-state index in [9.17, 15) is 5.11 Å². The number of phenols is 1. The summed E-state index contributed by atoms with van der Waals surface area (Å²) >= 11 is 0. The number of aromatic hydroxyl groups is 1. The van der Waals surface area contributed by atoms with Crippen LogP contribution in [-0.4, -0.2) is 21.2 Å². The number of fused-ring (bicyclic) bond motifs is 4. The number of pyridine rings is 1. The second-order valence-corrected chi connectivity index (χ2v) is 9.03. The second-order valence-electron chi connectivity index (χ2n) is 9.03. The van der Waals surface area contributed by atoms with Gasteiger partial charge in [0.05, 0.1) is 16.7 Å². The van der Waals surface area contributed by atoms with Gasteiger partial charge < -0.3 is 10.0 Å². The monoisotopic (exact) mass is 453 g/mol. The smallest absolute Gasteiger partial charge is 0.139 e. The molecule has 1 aliphatic rings. The molecule has 0 bridgehead atoms. The molecule has 0 aliphatic carbocycles. The highest BCUT2D eigenvalue weighted by Crippen LogP contribution is 2.46. The highest BCUT2D eigenvalue weighted by molar-refractivity contribution is 6.09. The first-order valence-electron chi connectivity index (χ1n) is 11.9. The van der Waals surface area contributed by atoms with Crippen molar-refractivity contribution in [3.8, 4) is 11.6 Å². The van der Waals surface area contributed by atoms with Crippen LogP contribution in [0.1, 0.15) is 17.0 Å². The van der Waals surface area contributed by atoms with Crippen LogP contribution in [0.2, 0.25) is 0 Å². The Morgan fingerprint density at radius 1 is 0.686 bits per heavy atom. The van der Waals surface area contributed by atoms with Gasteiger partial charge in [0.25, 0.3) is 0 Å². The summed E-state index contributed by atoms with van der Waals surface area (Å²) in [4.78, 5) is 6.90. The minimum atomic E-state index is 0.186. The molecule has 0 saturated heterocycles. The summed E-state index contributed by atoms with van der Waals surface area (Å²) in [6, 6.07) is 37.5. The fourth-order valence-electron chi connectivity index (χ4n) is 5.55. The maximum Gasteiger partial charge on any atom is 0.139 e. The van der Waals surface area contributed by atoms with Gasteiger partial charge >= 0.3 is 0 Å². The minimum Gasteiger partial charge on any atom is -0.506 e. The second kappa shape index (κ2) is 7.74. The van der Waals surface area contributed by atoms with Gasteiger partial charge in [-0.05, 0) is 53.6 Å². The first-order valence-corrected chi connectivity index (χ1v) is 11.9. The van der Waals surface area contributed by atoms with Crippen molar-refractivity contribution in [3.05, 3.63) is 127 Å². The molecule has 1 unspecified atom stereocenters. The maximum atomic E-state index is 10.6. The Balaban J connectivity index is 1.43. The zero-order valence-corrected chi connectivity index (χ0v) is 19.0. The topological polar surface area (TPSA) is 41.3 Å². The number of hydrogen-bond acceptors (Lipinski definition) is 3. The first-order chi connectivity index (χ1) is 17.3. The zero-order chi connectivity index (χ0) is 23.4. The molecule has 2 aromatic heterocycles. The van der Waals surface area contributed by atoms with Crippen molar-refractivity contribution in [2.45, 2.75) is 5.92 Å². The third kappa shape index (κ3) is 3.03. The predicted octanol–water partition coefficient (Wildman–Crippen LogP) is 7.17. The van der Waals surface area contributed by atoms with Crippen LogP contribution in [0.5, 0.6) is 5.75 Å². The highest BCUT2D eigenvalue weighted by Gasteiger charge is 2.32. The van der Waals surface area contributed by atoms with Crippen LogP contribution < -0.4 is 4.90 Å². The zero-order valence-electron chi connectivity index (χ0n) is 19.0. The molecule has 168 valence electrons. The average Bonchev–Trinajstić information content (AvgIpc) is 3.45. The van der Waals surface area contributed by atoms with Gasteiger partial charge in [-0.2, -0.15) is 0 Å². The van der Waals surface area contributed by atoms with Crippen molar-refractivity contribution >= 4 is 33.2 Å². The van der Waals surface area contributed by atoms with Gasteiger partial charge in [-0.1, -0.05) is 66.7 Å². The van der Waals surface area contributed by atoms with E-state index in [1.165, 1.54) is 21.9 Å². The number of benzene rings is 4. The quantitative estimate of drug-likeness (QED) is 0.309. The molecule has 3 heterocycles. The van der Waals surface area contributed by atoms with Crippen LogP contribution in [0.4, 0.5) is 11.4 Å². The number of anilines is 2. The molecule has 4 heteroatoms. The van der Waals surface area contributed by atoms with Gasteiger partial charge in [0.15, 0.2) is 0 Å². The van der Waals surface area contributed by atoms with Crippen molar-refractivity contribution in [3.63, 3.8) is 0 Å². The number of rotatable bonds is 3. The molecule has 0 radical (unpaired) electrons. The van der Waals surface area contributed by atoms with E-state index in [2.05, 4.69) is 87.2 Å². The van der Waals surface area contributed by atoms with Crippen molar-refractivity contribution in [1.29, 1.82) is 0 Å². The van der Waals surface area contributed by atoms with Gasteiger partial charge in [-0.15, -0.1) is 0 Å². The van der Waals surface area contributed by atoms with Crippen LogP contribution in [0.25, 0.3) is 27.6 Å². The van der Waals surface area contributed by atoms with E-state index in [-0.39, 0.29) is 5.92 Å². The molecule has 35 heavy (non-hydrogen) atoms. The largest absolute Gasteiger partial charge is 0.506 e. The van der Waals surface area contributed by atoms with Crippen molar-refractivity contribution in [1.82, 2.24) is 9.55 Å². The summed E-state index contributed by atoms with van der Waals surface area (Å²) in [5.74, 6) is 1.40. The summed E-state index contributed by atoms with van der Waals surface area (Å²) in [6.45, 7) is 0.770. The van der Waals surface area contributed by atoms with Crippen LogP contribution in [-0.2, 0) is 0 Å². The van der Waals surface area contributed by atoms with E-state index in [0.29, 0.717) is 5.75 Å². The Kier molecular flexibility index (Phi) is 4.39. The molecule has 0 saturated carbocycles. The van der Waals surface area contributed by atoms with Gasteiger partial charge in [0, 0.05) is 35.1 Å². The van der Waals surface area contributed by atoms with Gasteiger partial charge in [0.1, 0.15) is 11.6 Å². The normalized spacial score (nSPS) is 15.1. The number of hydrogen-bond donors (Lipinski definition) is 1. The lowest BCUT2D eigenvalue weighted by Crippen LogP contribution is -2.16. The number of phenolic OH excluding ortho intramolecular Hbond substituents is 1. The van der Waals surface area contributed by atoms with Crippen molar-refractivity contribution in [2.75, 3.05) is 11.4 Å². The van der Waals surface area contributed by atoms with E-state index in [0.717, 1.165) is 34.8 Å². The van der Waals surface area contributed by atoms with E-state index in [1.807, 2.05) is 36.5 Å². The molecule has 1 aliphatic heterocycles. The molecule has 7 rings (SSSR count). The summed E-state index contributed by atoms with van der Waals surface area (Å²) in [6.07, 6.45) is 1.84. The summed E-state index contributed by atoms with van der Waals surface area (Å²) < 4.78 is 2.26.